The third-order valence-electron chi connectivity index (χ3n) is 4.92. The molecule has 0 amide bonds. The van der Waals surface area contributed by atoms with Crippen LogP contribution in [0.4, 0.5) is 0 Å². The van der Waals surface area contributed by atoms with Gasteiger partial charge in [0.1, 0.15) is 24.2 Å². The van der Waals surface area contributed by atoms with Gasteiger partial charge in [-0.15, -0.1) is 0 Å². The molecule has 0 aliphatic heterocycles. The third kappa shape index (κ3) is 6.73. The molecule has 1 heterocycles. The molecule has 0 spiro atoms. The molecular weight excluding hydrogens is 442 g/mol. The van der Waals surface area contributed by atoms with Crippen LogP contribution in [0.25, 0.3) is 0 Å². The third-order valence-corrected chi connectivity index (χ3v) is 5.58. The Morgan fingerprint density at radius 1 is 1.00 bits per heavy atom. The first-order valence-corrected chi connectivity index (χ1v) is 11.0. The van der Waals surface area contributed by atoms with E-state index in [0.717, 1.165) is 22.5 Å². The van der Waals surface area contributed by atoms with Gasteiger partial charge in [-0.25, -0.2) is 0 Å². The Morgan fingerprint density at radius 3 is 2.37 bits per heavy atom. The number of rotatable bonds is 9. The quantitative estimate of drug-likeness (QED) is 0.429. The van der Waals surface area contributed by atoms with Gasteiger partial charge in [0.15, 0.2) is 0 Å². The first-order chi connectivity index (χ1) is 14.3. The second-order valence-electron chi connectivity index (χ2n) is 8.59. The van der Waals surface area contributed by atoms with Crippen molar-refractivity contribution >= 4 is 15.9 Å². The number of halogens is 1. The van der Waals surface area contributed by atoms with Gasteiger partial charge in [0.2, 0.25) is 0 Å². The summed E-state index contributed by atoms with van der Waals surface area (Å²) in [5.41, 5.74) is 2.64. The number of hydrogen-bond donors (Lipinski definition) is 1. The predicted octanol–water partition coefficient (Wildman–Crippen LogP) is 5.78. The molecule has 0 fully saturated rings. The van der Waals surface area contributed by atoms with E-state index in [1.54, 1.807) is 6.26 Å². The molecule has 3 aromatic rings. The molecule has 0 saturated heterocycles. The standard InChI is InChI=1S/C25H30BrNO3/c1-25(2,3)20-12-10-19(11-13-20)15-27(17-22-7-6-14-29-22)16-21(28)18-30-24-9-5-4-8-23(24)26/h4-14,21,28H,15-18H2,1-3H3. The second kappa shape index (κ2) is 10.3. The Kier molecular flexibility index (Phi) is 7.75. The summed E-state index contributed by atoms with van der Waals surface area (Å²) in [7, 11) is 0. The molecule has 0 radical (unpaired) electrons. The zero-order valence-electron chi connectivity index (χ0n) is 17.8. The monoisotopic (exact) mass is 471 g/mol. The summed E-state index contributed by atoms with van der Waals surface area (Å²) in [4.78, 5) is 2.18. The lowest BCUT2D eigenvalue weighted by molar-refractivity contribution is 0.0602. The molecule has 160 valence electrons. The van der Waals surface area contributed by atoms with Gasteiger partial charge in [0, 0.05) is 13.1 Å². The van der Waals surface area contributed by atoms with Gasteiger partial charge in [-0.3, -0.25) is 4.90 Å². The number of nitrogens with zero attached hydrogens (tertiary/aromatic N) is 1. The maximum atomic E-state index is 10.6. The van der Waals surface area contributed by atoms with E-state index in [0.29, 0.717) is 13.1 Å². The minimum Gasteiger partial charge on any atom is -0.490 e. The van der Waals surface area contributed by atoms with Crippen molar-refractivity contribution < 1.29 is 14.3 Å². The van der Waals surface area contributed by atoms with E-state index in [-0.39, 0.29) is 12.0 Å². The van der Waals surface area contributed by atoms with Crippen LogP contribution in [0.1, 0.15) is 37.7 Å². The number of para-hydroxylation sites is 1. The second-order valence-corrected chi connectivity index (χ2v) is 9.45. The molecule has 30 heavy (non-hydrogen) atoms. The molecule has 1 unspecified atom stereocenters. The molecule has 1 aromatic heterocycles. The van der Waals surface area contributed by atoms with E-state index < -0.39 is 6.10 Å². The highest BCUT2D eigenvalue weighted by Gasteiger charge is 2.17. The molecule has 0 aliphatic carbocycles. The van der Waals surface area contributed by atoms with Crippen LogP contribution >= 0.6 is 15.9 Å². The summed E-state index contributed by atoms with van der Waals surface area (Å²) in [6, 6.07) is 20.2. The van der Waals surface area contributed by atoms with Crippen molar-refractivity contribution in [1.29, 1.82) is 0 Å². The van der Waals surface area contributed by atoms with E-state index >= 15 is 0 Å². The molecule has 0 saturated carbocycles. The molecule has 0 bridgehead atoms. The van der Waals surface area contributed by atoms with Crippen LogP contribution in [-0.4, -0.2) is 29.3 Å². The number of ether oxygens (including phenoxy) is 1. The fourth-order valence-corrected chi connectivity index (χ4v) is 3.67. The molecule has 4 nitrogen and oxygen atoms in total. The average Bonchev–Trinajstić information content (AvgIpc) is 3.20. The summed E-state index contributed by atoms with van der Waals surface area (Å²) in [6.07, 6.45) is 1.05. The normalized spacial score (nSPS) is 12.9. The highest BCUT2D eigenvalue weighted by atomic mass is 79.9. The van der Waals surface area contributed by atoms with Crippen LogP contribution in [0.2, 0.25) is 0 Å². The maximum absolute atomic E-state index is 10.6. The van der Waals surface area contributed by atoms with Crippen LogP contribution in [0.3, 0.4) is 0 Å². The van der Waals surface area contributed by atoms with E-state index in [9.17, 15) is 5.11 Å². The number of benzene rings is 2. The fourth-order valence-electron chi connectivity index (χ4n) is 3.27. The lowest BCUT2D eigenvalue weighted by Crippen LogP contribution is -2.35. The molecular formula is C25H30BrNO3. The highest BCUT2D eigenvalue weighted by Crippen LogP contribution is 2.24. The molecule has 2 aromatic carbocycles. The van der Waals surface area contributed by atoms with Gasteiger partial charge in [0.05, 0.1) is 17.3 Å². The maximum Gasteiger partial charge on any atom is 0.133 e. The zero-order chi connectivity index (χ0) is 21.6. The lowest BCUT2D eigenvalue weighted by Gasteiger charge is -2.25. The Hall–Kier alpha value is -2.08. The van der Waals surface area contributed by atoms with Gasteiger partial charge < -0.3 is 14.3 Å². The van der Waals surface area contributed by atoms with Gasteiger partial charge in [-0.05, 0) is 56.7 Å². The van der Waals surface area contributed by atoms with Crippen molar-refractivity contribution in [1.82, 2.24) is 4.90 Å². The van der Waals surface area contributed by atoms with Gasteiger partial charge in [-0.2, -0.15) is 0 Å². The minimum atomic E-state index is -0.624. The Morgan fingerprint density at radius 2 is 1.73 bits per heavy atom. The predicted molar refractivity (Wildman–Crippen MR) is 124 cm³/mol. The van der Waals surface area contributed by atoms with Gasteiger partial charge >= 0.3 is 0 Å². The van der Waals surface area contributed by atoms with Crippen molar-refractivity contribution in [2.45, 2.75) is 45.4 Å². The van der Waals surface area contributed by atoms with E-state index in [1.165, 1.54) is 11.1 Å². The number of aliphatic hydroxyl groups excluding tert-OH is 1. The van der Waals surface area contributed by atoms with E-state index in [1.807, 2.05) is 36.4 Å². The molecule has 0 aliphatic rings. The topological polar surface area (TPSA) is 45.8 Å². The number of hydrogen-bond acceptors (Lipinski definition) is 4. The SMILES string of the molecule is CC(C)(C)c1ccc(CN(Cc2ccco2)CC(O)COc2ccccc2Br)cc1. The van der Waals surface area contributed by atoms with Gasteiger partial charge in [0.25, 0.3) is 0 Å². The van der Waals surface area contributed by atoms with Crippen LogP contribution in [-0.2, 0) is 18.5 Å². The Bertz CT molecular complexity index is 901. The number of furan rings is 1. The molecule has 5 heteroatoms. The molecule has 3 rings (SSSR count). The Balaban J connectivity index is 1.64. The highest BCUT2D eigenvalue weighted by molar-refractivity contribution is 9.10. The van der Waals surface area contributed by atoms with Crippen LogP contribution in [0.5, 0.6) is 5.75 Å². The summed E-state index contributed by atoms with van der Waals surface area (Å²) >= 11 is 3.47. The van der Waals surface area contributed by atoms with Crippen LogP contribution in [0, 0.1) is 0 Å². The van der Waals surface area contributed by atoms with Crippen molar-refractivity contribution in [2.75, 3.05) is 13.2 Å². The van der Waals surface area contributed by atoms with Crippen molar-refractivity contribution in [3.8, 4) is 5.75 Å². The van der Waals surface area contributed by atoms with Crippen LogP contribution in [0.15, 0.2) is 75.8 Å². The minimum absolute atomic E-state index is 0.131. The van der Waals surface area contributed by atoms with Crippen molar-refractivity contribution in [2.24, 2.45) is 0 Å². The summed E-state index contributed by atoms with van der Waals surface area (Å²) < 4.78 is 12.2. The summed E-state index contributed by atoms with van der Waals surface area (Å²) in [5.74, 6) is 1.60. The largest absolute Gasteiger partial charge is 0.490 e. The summed E-state index contributed by atoms with van der Waals surface area (Å²) in [5, 5.41) is 10.6. The fraction of sp³-hybridized carbons (Fsp3) is 0.360. The van der Waals surface area contributed by atoms with E-state index in [4.69, 9.17) is 9.15 Å². The smallest absolute Gasteiger partial charge is 0.133 e. The van der Waals surface area contributed by atoms with Gasteiger partial charge in [-0.1, -0.05) is 57.2 Å². The van der Waals surface area contributed by atoms with Crippen molar-refractivity contribution in [3.63, 3.8) is 0 Å². The first-order valence-electron chi connectivity index (χ1n) is 10.2. The summed E-state index contributed by atoms with van der Waals surface area (Å²) in [6.45, 7) is 8.69. The molecule has 1 N–H and O–H groups in total. The average molecular weight is 472 g/mol. The first kappa shape index (κ1) is 22.6. The lowest BCUT2D eigenvalue weighted by atomic mass is 9.87. The van der Waals surface area contributed by atoms with Crippen molar-refractivity contribution in [3.05, 3.63) is 88.3 Å². The molecule has 1 atom stereocenters. The Labute approximate surface area is 187 Å². The number of aliphatic hydroxyl groups is 1. The zero-order valence-corrected chi connectivity index (χ0v) is 19.4. The van der Waals surface area contributed by atoms with E-state index in [2.05, 4.69) is 65.9 Å². The van der Waals surface area contributed by atoms with Crippen LogP contribution < -0.4 is 4.74 Å².